The minimum atomic E-state index is -3.50. The summed E-state index contributed by atoms with van der Waals surface area (Å²) in [5, 5.41) is 0.393. The molecule has 3 nitrogen and oxygen atoms in total. The molecule has 0 saturated heterocycles. The number of fused-ring (bicyclic) bond motifs is 7. The Morgan fingerprint density at radius 2 is 1.94 bits per heavy atom. The fourth-order valence-electron chi connectivity index (χ4n) is 5.10. The number of pyridine rings is 2. The summed E-state index contributed by atoms with van der Waals surface area (Å²) in [5.41, 5.74) is -2.32. The second kappa shape index (κ2) is 7.02. The van der Waals surface area contributed by atoms with E-state index in [9.17, 15) is 0 Å². The molecule has 1 aliphatic rings. The zero-order valence-electron chi connectivity index (χ0n) is 34.5. The molecule has 0 radical (unpaired) electrons. The molecule has 3 heterocycles. The van der Waals surface area contributed by atoms with Gasteiger partial charge in [0, 0.05) is 56.1 Å². The fourth-order valence-corrected chi connectivity index (χ4v) is 5.10. The van der Waals surface area contributed by atoms with E-state index in [4.69, 9.17) is 26.3 Å². The van der Waals surface area contributed by atoms with Crippen molar-refractivity contribution in [1.82, 2.24) is 4.98 Å². The fraction of sp³-hybridized carbons (Fsp3) is 0.290. The SMILES string of the molecule is [2H]C([2H])([2H])c1c[n+](C)c(-c2c(C)ccc3c2oc2ncc4c(c23)C(C([2H])([2H])[2H])(C([2H])([2H])[2H])c2ccccc2-4)cc1C([2H])(C([2H])([2H])[2H])C([2H])([2H])[2H]. The Balaban J connectivity index is 1.78. The molecular formula is C31H31N2O+. The minimum absolute atomic E-state index is 0.0185. The van der Waals surface area contributed by atoms with Crippen molar-refractivity contribution in [3.05, 3.63) is 82.7 Å². The normalized spacial score (nSPS) is 23.4. The third-order valence-corrected chi connectivity index (χ3v) is 6.67. The van der Waals surface area contributed by atoms with Crippen LogP contribution in [0.5, 0.6) is 0 Å². The molecule has 170 valence electrons. The Labute approximate surface area is 223 Å². The smallest absolute Gasteiger partial charge is 0.227 e. The quantitative estimate of drug-likeness (QED) is 0.253. The van der Waals surface area contributed by atoms with Gasteiger partial charge in [0.25, 0.3) is 0 Å². The Morgan fingerprint density at radius 1 is 1.09 bits per heavy atom. The lowest BCUT2D eigenvalue weighted by Gasteiger charge is -2.22. The van der Waals surface area contributed by atoms with Crippen LogP contribution in [-0.4, -0.2) is 4.98 Å². The van der Waals surface area contributed by atoms with Crippen LogP contribution < -0.4 is 4.57 Å². The maximum absolute atomic E-state index is 8.90. The monoisotopic (exact) mass is 463 g/mol. The first-order valence-electron chi connectivity index (χ1n) is 18.7. The summed E-state index contributed by atoms with van der Waals surface area (Å²) in [6, 6.07) is 10.7. The number of furan rings is 1. The number of hydrogen-bond acceptors (Lipinski definition) is 2. The van der Waals surface area contributed by atoms with Crippen LogP contribution in [0.3, 0.4) is 0 Å². The summed E-state index contributed by atoms with van der Waals surface area (Å²) in [6.45, 7) is -14.5. The van der Waals surface area contributed by atoms with Gasteiger partial charge in [-0.1, -0.05) is 63.8 Å². The number of aryl methyl sites for hydroxylation is 3. The zero-order valence-corrected chi connectivity index (χ0v) is 18.5. The number of rotatable bonds is 2. The van der Waals surface area contributed by atoms with Crippen LogP contribution >= 0.6 is 0 Å². The predicted octanol–water partition coefficient (Wildman–Crippen LogP) is 7.52. The molecule has 3 heteroatoms. The zero-order chi connectivity index (χ0) is 37.4. The molecule has 6 rings (SSSR count). The second-order valence-corrected chi connectivity index (χ2v) is 8.73. The van der Waals surface area contributed by atoms with Crippen molar-refractivity contribution in [3.8, 4) is 22.4 Å². The van der Waals surface area contributed by atoms with Crippen molar-refractivity contribution in [1.29, 1.82) is 0 Å². The van der Waals surface area contributed by atoms with E-state index in [0.29, 0.717) is 16.7 Å². The Hall–Kier alpha value is -3.46. The molecule has 2 aromatic carbocycles. The highest BCUT2D eigenvalue weighted by Gasteiger charge is 2.38. The van der Waals surface area contributed by atoms with Crippen LogP contribution in [0.25, 0.3) is 44.5 Å². The van der Waals surface area contributed by atoms with Crippen molar-refractivity contribution in [2.24, 2.45) is 7.05 Å². The van der Waals surface area contributed by atoms with Gasteiger partial charge >= 0.3 is 0 Å². The van der Waals surface area contributed by atoms with Gasteiger partial charge in [0.05, 0.1) is 10.9 Å². The molecule has 0 saturated carbocycles. The maximum atomic E-state index is 8.90. The molecule has 34 heavy (non-hydrogen) atoms. The van der Waals surface area contributed by atoms with E-state index in [0.717, 1.165) is 12.3 Å². The van der Waals surface area contributed by atoms with E-state index < -0.39 is 56.7 Å². The third-order valence-electron chi connectivity index (χ3n) is 6.67. The van der Waals surface area contributed by atoms with E-state index in [-0.39, 0.29) is 44.5 Å². The summed E-state index contributed by atoms with van der Waals surface area (Å²) < 4.78 is 142. The van der Waals surface area contributed by atoms with Crippen LogP contribution in [0.4, 0.5) is 0 Å². The Kier molecular flexibility index (Phi) is 2.07. The van der Waals surface area contributed by atoms with Crippen molar-refractivity contribution in [2.75, 3.05) is 0 Å². The number of nitrogens with zero attached hydrogens (tertiary/aromatic N) is 2. The Morgan fingerprint density at radius 3 is 2.74 bits per heavy atom. The molecule has 3 aromatic heterocycles. The highest BCUT2D eigenvalue weighted by molar-refractivity contribution is 6.13. The number of benzene rings is 2. The van der Waals surface area contributed by atoms with Crippen LogP contribution in [0, 0.1) is 13.8 Å². The van der Waals surface area contributed by atoms with Gasteiger partial charge in [-0.25, -0.2) is 9.55 Å². The standard InChI is InChI=1S/C31H31N2O/c1-17(2)22-14-25(33(7)16-19(22)4)26-18(3)12-13-21-27-28-23(15-32-30(27)34-29(21)26)20-10-8-9-11-24(20)31(28,5)6/h8-17H,1-7H3/q+1/i1D3,2D3,4D3,5D3,6D3,17D. The van der Waals surface area contributed by atoms with E-state index in [2.05, 4.69) is 4.98 Å². The lowest BCUT2D eigenvalue weighted by molar-refractivity contribution is -0.660. The van der Waals surface area contributed by atoms with Crippen molar-refractivity contribution < 1.29 is 30.9 Å². The van der Waals surface area contributed by atoms with E-state index in [1.165, 1.54) is 23.9 Å². The first-order chi connectivity index (χ1) is 22.7. The first kappa shape index (κ1) is 10.0. The average molecular weight is 464 g/mol. The molecule has 0 fully saturated rings. The molecule has 0 amide bonds. The Bertz CT molecular complexity index is 2170. The summed E-state index contributed by atoms with van der Waals surface area (Å²) in [5.74, 6) is -3.37. The molecular weight excluding hydrogens is 416 g/mol. The summed E-state index contributed by atoms with van der Waals surface area (Å²) in [7, 11) is 1.46. The lowest BCUT2D eigenvalue weighted by Crippen LogP contribution is -2.32. The predicted molar refractivity (Wildman–Crippen MR) is 139 cm³/mol. The summed E-state index contributed by atoms with van der Waals surface area (Å²) in [6.07, 6.45) is 2.44. The highest BCUT2D eigenvalue weighted by Crippen LogP contribution is 2.52. The largest absolute Gasteiger partial charge is 0.437 e. The van der Waals surface area contributed by atoms with Gasteiger partial charge in [-0.2, -0.15) is 0 Å². The second-order valence-electron chi connectivity index (χ2n) is 8.73. The molecule has 0 aliphatic heterocycles. The third kappa shape index (κ3) is 2.70. The van der Waals surface area contributed by atoms with E-state index in [1.54, 1.807) is 37.3 Å². The van der Waals surface area contributed by atoms with Gasteiger partial charge in [-0.05, 0) is 47.5 Å². The maximum Gasteiger partial charge on any atom is 0.227 e. The van der Waals surface area contributed by atoms with Crippen molar-refractivity contribution in [3.63, 3.8) is 0 Å². The first-order valence-corrected chi connectivity index (χ1v) is 10.7. The van der Waals surface area contributed by atoms with E-state index in [1.807, 2.05) is 0 Å². The minimum Gasteiger partial charge on any atom is -0.437 e. The molecule has 1 aliphatic carbocycles. The number of aromatic nitrogens is 2. The van der Waals surface area contributed by atoms with Gasteiger partial charge < -0.3 is 4.42 Å². The topological polar surface area (TPSA) is 29.9 Å². The lowest BCUT2D eigenvalue weighted by atomic mass is 9.81. The molecule has 0 N–H and O–H groups in total. The summed E-state index contributed by atoms with van der Waals surface area (Å²) >= 11 is 0. The van der Waals surface area contributed by atoms with E-state index >= 15 is 0 Å². The van der Waals surface area contributed by atoms with Gasteiger partial charge in [-0.15, -0.1) is 0 Å². The molecule has 0 atom stereocenters. The van der Waals surface area contributed by atoms with Crippen molar-refractivity contribution in [2.45, 2.75) is 52.5 Å². The van der Waals surface area contributed by atoms with Crippen LogP contribution in [0.2, 0.25) is 0 Å². The van der Waals surface area contributed by atoms with Gasteiger partial charge in [0.1, 0.15) is 7.05 Å². The molecule has 0 spiro atoms. The number of hydrogen-bond donors (Lipinski definition) is 0. The van der Waals surface area contributed by atoms with Crippen LogP contribution in [0.15, 0.2) is 59.3 Å². The van der Waals surface area contributed by atoms with Crippen LogP contribution in [0.1, 0.15) is 83.1 Å². The summed E-state index contributed by atoms with van der Waals surface area (Å²) in [4.78, 5) is 4.48. The molecule has 5 aromatic rings. The van der Waals surface area contributed by atoms with Crippen molar-refractivity contribution >= 4 is 22.1 Å². The van der Waals surface area contributed by atoms with Crippen LogP contribution in [-0.2, 0) is 12.5 Å². The average Bonchev–Trinajstić information content (AvgIpc) is 3.48. The van der Waals surface area contributed by atoms with Gasteiger partial charge in [0.15, 0.2) is 11.8 Å². The van der Waals surface area contributed by atoms with Gasteiger partial charge in [0.2, 0.25) is 11.4 Å². The van der Waals surface area contributed by atoms with Gasteiger partial charge in [-0.3, -0.25) is 0 Å². The molecule has 0 bridgehead atoms. The highest BCUT2D eigenvalue weighted by atomic mass is 16.3. The molecule has 0 unspecified atom stereocenters.